The Bertz CT molecular complexity index is 190. The summed E-state index contributed by atoms with van der Waals surface area (Å²) in [7, 11) is 0. The first kappa shape index (κ1) is 13.5. The highest BCUT2D eigenvalue weighted by molar-refractivity contribution is 5.83. The van der Waals surface area contributed by atoms with Crippen LogP contribution in [0.25, 0.3) is 0 Å². The molecule has 0 atom stereocenters. The molecule has 0 saturated heterocycles. The molecule has 94 valence electrons. The van der Waals surface area contributed by atoms with E-state index in [4.69, 9.17) is 0 Å². The summed E-state index contributed by atoms with van der Waals surface area (Å²) in [5.74, 6) is 1.21. The summed E-state index contributed by atoms with van der Waals surface area (Å²) in [6.45, 7) is 6.59. The maximum Gasteiger partial charge on any atom is 0.0964 e. The van der Waals surface area contributed by atoms with Crippen molar-refractivity contribution < 1.29 is 0 Å². The third-order valence-corrected chi connectivity index (χ3v) is 2.97. The summed E-state index contributed by atoms with van der Waals surface area (Å²) < 4.78 is 0. The Morgan fingerprint density at radius 1 is 1.12 bits per heavy atom. The van der Waals surface area contributed by atoms with Gasteiger partial charge < -0.3 is 10.6 Å². The number of nitrogens with zero attached hydrogens (tertiary/aromatic N) is 1. The quantitative estimate of drug-likeness (QED) is 0.560. The number of unbranched alkanes of at least 4 members (excludes halogenated alkanes) is 4. The van der Waals surface area contributed by atoms with Crippen LogP contribution in [0.3, 0.4) is 0 Å². The molecule has 0 saturated carbocycles. The molecule has 3 heteroatoms. The molecular formula is C13H27N3. The van der Waals surface area contributed by atoms with Crippen molar-refractivity contribution in [1.29, 1.82) is 0 Å². The molecule has 0 spiro atoms. The smallest absolute Gasteiger partial charge is 0.0964 e. The first-order valence-corrected chi connectivity index (χ1v) is 6.91. The average molecular weight is 225 g/mol. The first-order valence-electron chi connectivity index (χ1n) is 6.91. The molecule has 0 unspecified atom stereocenters. The normalized spacial score (nSPS) is 14.9. The predicted octanol–water partition coefficient (Wildman–Crippen LogP) is 2.33. The van der Waals surface area contributed by atoms with Gasteiger partial charge in [-0.15, -0.1) is 0 Å². The van der Waals surface area contributed by atoms with E-state index in [1.807, 2.05) is 0 Å². The second-order valence-corrected chi connectivity index (χ2v) is 4.52. The second kappa shape index (κ2) is 9.64. The summed E-state index contributed by atoms with van der Waals surface area (Å²) in [5, 5.41) is 6.81. The topological polar surface area (TPSA) is 36.4 Å². The molecule has 1 rings (SSSR count). The zero-order chi connectivity index (χ0) is 11.5. The van der Waals surface area contributed by atoms with Gasteiger partial charge in [-0.05, 0) is 25.9 Å². The fourth-order valence-electron chi connectivity index (χ4n) is 1.97. The van der Waals surface area contributed by atoms with Crippen molar-refractivity contribution in [3.63, 3.8) is 0 Å². The highest BCUT2D eigenvalue weighted by atomic mass is 15.1. The van der Waals surface area contributed by atoms with Gasteiger partial charge in [-0.2, -0.15) is 0 Å². The maximum atomic E-state index is 4.38. The predicted molar refractivity (Wildman–Crippen MR) is 71.2 cm³/mol. The van der Waals surface area contributed by atoms with Gasteiger partial charge in [-0.25, -0.2) is 0 Å². The van der Waals surface area contributed by atoms with Crippen LogP contribution in [0.1, 0.15) is 51.9 Å². The van der Waals surface area contributed by atoms with E-state index in [9.17, 15) is 0 Å². The van der Waals surface area contributed by atoms with E-state index in [-0.39, 0.29) is 0 Å². The number of hydrogen-bond donors (Lipinski definition) is 2. The van der Waals surface area contributed by atoms with Crippen molar-refractivity contribution in [3.8, 4) is 0 Å². The molecule has 1 heterocycles. The molecule has 3 nitrogen and oxygen atoms in total. The van der Waals surface area contributed by atoms with Crippen LogP contribution < -0.4 is 10.6 Å². The van der Waals surface area contributed by atoms with Gasteiger partial charge in [-0.1, -0.05) is 32.6 Å². The largest absolute Gasteiger partial charge is 0.372 e. The van der Waals surface area contributed by atoms with E-state index in [1.165, 1.54) is 50.9 Å². The molecule has 0 aromatic rings. The lowest BCUT2D eigenvalue weighted by molar-refractivity contribution is 0.577. The highest BCUT2D eigenvalue weighted by Crippen LogP contribution is 2.01. The number of rotatable bonds is 10. The molecule has 16 heavy (non-hydrogen) atoms. The Labute approximate surface area is 100 Å². The zero-order valence-corrected chi connectivity index (χ0v) is 10.7. The van der Waals surface area contributed by atoms with Gasteiger partial charge in [0, 0.05) is 13.0 Å². The van der Waals surface area contributed by atoms with Gasteiger partial charge in [0.2, 0.25) is 0 Å². The lowest BCUT2D eigenvalue weighted by Gasteiger charge is -2.05. The van der Waals surface area contributed by atoms with E-state index < -0.39 is 0 Å². The fourth-order valence-corrected chi connectivity index (χ4v) is 1.97. The third kappa shape index (κ3) is 6.83. The molecule has 0 aliphatic carbocycles. The Balaban J connectivity index is 1.74. The van der Waals surface area contributed by atoms with Crippen LogP contribution >= 0.6 is 0 Å². The zero-order valence-electron chi connectivity index (χ0n) is 10.7. The van der Waals surface area contributed by atoms with Crippen molar-refractivity contribution in [3.05, 3.63) is 0 Å². The summed E-state index contributed by atoms with van der Waals surface area (Å²) in [6.07, 6.45) is 9.17. The van der Waals surface area contributed by atoms with E-state index in [0.717, 1.165) is 26.1 Å². The number of hydrogen-bond acceptors (Lipinski definition) is 3. The molecule has 1 aliphatic rings. The van der Waals surface area contributed by atoms with Crippen LogP contribution in [0.2, 0.25) is 0 Å². The van der Waals surface area contributed by atoms with Crippen LogP contribution in [-0.2, 0) is 0 Å². The summed E-state index contributed by atoms with van der Waals surface area (Å²) in [6, 6.07) is 0. The highest BCUT2D eigenvalue weighted by Gasteiger charge is 2.03. The Kier molecular flexibility index (Phi) is 8.13. The minimum absolute atomic E-state index is 0.972. The Morgan fingerprint density at radius 2 is 1.94 bits per heavy atom. The molecule has 2 N–H and O–H groups in total. The minimum Gasteiger partial charge on any atom is -0.372 e. The van der Waals surface area contributed by atoms with Gasteiger partial charge in [0.15, 0.2) is 0 Å². The van der Waals surface area contributed by atoms with Crippen LogP contribution in [0.5, 0.6) is 0 Å². The summed E-state index contributed by atoms with van der Waals surface area (Å²) >= 11 is 0. The van der Waals surface area contributed by atoms with Crippen molar-refractivity contribution >= 4 is 5.84 Å². The number of aliphatic imine (C=N–C) groups is 1. The SMILES string of the molecule is CCCCCCCNCCCC1=NCCN1. The molecule has 1 aliphatic heterocycles. The lowest BCUT2D eigenvalue weighted by atomic mass is 10.1. The monoisotopic (exact) mass is 225 g/mol. The molecule has 0 radical (unpaired) electrons. The number of amidine groups is 1. The summed E-state index contributed by atoms with van der Waals surface area (Å²) in [5.41, 5.74) is 0. The minimum atomic E-state index is 0.972. The van der Waals surface area contributed by atoms with Gasteiger partial charge in [-0.3, -0.25) is 4.99 Å². The molecular weight excluding hydrogens is 198 g/mol. The average Bonchev–Trinajstić information content (AvgIpc) is 2.80. The molecule has 0 aromatic heterocycles. The van der Waals surface area contributed by atoms with Gasteiger partial charge >= 0.3 is 0 Å². The number of nitrogens with one attached hydrogen (secondary N) is 2. The fraction of sp³-hybridized carbons (Fsp3) is 0.923. The van der Waals surface area contributed by atoms with E-state index in [0.29, 0.717) is 0 Å². The maximum absolute atomic E-state index is 4.38. The van der Waals surface area contributed by atoms with Gasteiger partial charge in [0.25, 0.3) is 0 Å². The standard InChI is InChI=1S/C13H27N3/c1-2-3-4-5-6-9-14-10-7-8-13-15-11-12-16-13/h14H,2-12H2,1H3,(H,15,16). The van der Waals surface area contributed by atoms with Crippen molar-refractivity contribution in [2.24, 2.45) is 4.99 Å². The van der Waals surface area contributed by atoms with Crippen molar-refractivity contribution in [2.45, 2.75) is 51.9 Å². The molecule has 0 amide bonds. The Morgan fingerprint density at radius 3 is 2.69 bits per heavy atom. The lowest BCUT2D eigenvalue weighted by Crippen LogP contribution is -2.21. The van der Waals surface area contributed by atoms with Crippen molar-refractivity contribution in [1.82, 2.24) is 10.6 Å². The molecule has 0 fully saturated rings. The molecule has 0 bridgehead atoms. The van der Waals surface area contributed by atoms with Crippen LogP contribution in [0, 0.1) is 0 Å². The van der Waals surface area contributed by atoms with E-state index >= 15 is 0 Å². The van der Waals surface area contributed by atoms with Crippen LogP contribution in [0.4, 0.5) is 0 Å². The second-order valence-electron chi connectivity index (χ2n) is 4.52. The van der Waals surface area contributed by atoms with Gasteiger partial charge in [0.05, 0.1) is 12.4 Å². The first-order chi connectivity index (χ1) is 7.93. The van der Waals surface area contributed by atoms with Gasteiger partial charge in [0.1, 0.15) is 0 Å². The van der Waals surface area contributed by atoms with Crippen LogP contribution in [-0.4, -0.2) is 32.0 Å². The Hall–Kier alpha value is -0.570. The van der Waals surface area contributed by atoms with E-state index in [2.05, 4.69) is 22.5 Å². The summed E-state index contributed by atoms with van der Waals surface area (Å²) in [4.78, 5) is 4.38. The molecule has 0 aromatic carbocycles. The van der Waals surface area contributed by atoms with Crippen LogP contribution in [0.15, 0.2) is 4.99 Å². The van der Waals surface area contributed by atoms with E-state index in [1.54, 1.807) is 0 Å². The third-order valence-electron chi connectivity index (χ3n) is 2.97. The van der Waals surface area contributed by atoms with Crippen molar-refractivity contribution in [2.75, 3.05) is 26.2 Å².